The van der Waals surface area contributed by atoms with Gasteiger partial charge in [-0.25, -0.2) is 9.78 Å². The van der Waals surface area contributed by atoms with Crippen LogP contribution in [0.4, 0.5) is 10.6 Å². The molecule has 0 aromatic carbocycles. The summed E-state index contributed by atoms with van der Waals surface area (Å²) in [4.78, 5) is 18.6. The molecule has 3 rings (SSSR count). The van der Waals surface area contributed by atoms with Crippen LogP contribution in [-0.2, 0) is 6.54 Å². The van der Waals surface area contributed by atoms with Crippen LogP contribution in [0.2, 0.25) is 0 Å². The standard InChI is InChI=1S/C16H22N6O/c1-10(2)14-19-20-15-12(4)21(8-9-22(14)15)16(23)18-13-7-5-6-11(3)17-13/h5-7,10,12H,8-9H2,1-4H3,(H,17,18,23). The van der Waals surface area contributed by atoms with Crippen molar-refractivity contribution in [1.29, 1.82) is 0 Å². The maximum atomic E-state index is 12.6. The highest BCUT2D eigenvalue weighted by molar-refractivity contribution is 5.88. The maximum Gasteiger partial charge on any atom is 0.323 e. The Morgan fingerprint density at radius 1 is 1.30 bits per heavy atom. The molecule has 1 unspecified atom stereocenters. The molecule has 7 heteroatoms. The summed E-state index contributed by atoms with van der Waals surface area (Å²) in [5, 5.41) is 11.4. The van der Waals surface area contributed by atoms with E-state index in [1.165, 1.54) is 0 Å². The van der Waals surface area contributed by atoms with Gasteiger partial charge in [-0.2, -0.15) is 0 Å². The number of pyridine rings is 1. The van der Waals surface area contributed by atoms with Gasteiger partial charge >= 0.3 is 6.03 Å². The third-order valence-corrected chi connectivity index (χ3v) is 4.11. The van der Waals surface area contributed by atoms with Crippen LogP contribution in [0, 0.1) is 6.92 Å². The summed E-state index contributed by atoms with van der Waals surface area (Å²) in [5.41, 5.74) is 0.871. The van der Waals surface area contributed by atoms with E-state index in [4.69, 9.17) is 0 Å². The fourth-order valence-electron chi connectivity index (χ4n) is 2.91. The number of aromatic nitrogens is 4. The Balaban J connectivity index is 1.78. The highest BCUT2D eigenvalue weighted by Gasteiger charge is 2.31. The normalized spacial score (nSPS) is 17.3. The summed E-state index contributed by atoms with van der Waals surface area (Å²) >= 11 is 0. The quantitative estimate of drug-likeness (QED) is 0.924. The van der Waals surface area contributed by atoms with E-state index in [1.807, 2.05) is 26.0 Å². The molecule has 122 valence electrons. The summed E-state index contributed by atoms with van der Waals surface area (Å²) in [6.45, 7) is 9.43. The average molecular weight is 314 g/mol. The largest absolute Gasteiger partial charge is 0.323 e. The van der Waals surface area contributed by atoms with E-state index in [-0.39, 0.29) is 12.1 Å². The zero-order chi connectivity index (χ0) is 16.6. The average Bonchev–Trinajstić information content (AvgIpc) is 2.92. The lowest BCUT2D eigenvalue weighted by Crippen LogP contribution is -2.43. The predicted octanol–water partition coefficient (Wildman–Crippen LogP) is 2.71. The first-order chi connectivity index (χ1) is 11.0. The molecule has 0 fully saturated rings. The van der Waals surface area contributed by atoms with Crippen molar-refractivity contribution in [3.63, 3.8) is 0 Å². The Kier molecular flexibility index (Phi) is 4.02. The second kappa shape index (κ2) is 5.98. The summed E-state index contributed by atoms with van der Waals surface area (Å²) < 4.78 is 2.13. The van der Waals surface area contributed by atoms with E-state index in [9.17, 15) is 4.79 Å². The molecule has 0 saturated heterocycles. The number of urea groups is 1. The molecular weight excluding hydrogens is 292 g/mol. The second-order valence-corrected chi connectivity index (χ2v) is 6.19. The Bertz CT molecular complexity index is 723. The van der Waals surface area contributed by atoms with E-state index >= 15 is 0 Å². The van der Waals surface area contributed by atoms with Gasteiger partial charge in [0.2, 0.25) is 0 Å². The van der Waals surface area contributed by atoms with Gasteiger partial charge in [0.15, 0.2) is 5.82 Å². The first-order valence-corrected chi connectivity index (χ1v) is 7.91. The molecule has 0 spiro atoms. The number of anilines is 1. The zero-order valence-electron chi connectivity index (χ0n) is 13.9. The van der Waals surface area contributed by atoms with Gasteiger partial charge in [-0.1, -0.05) is 19.9 Å². The lowest BCUT2D eigenvalue weighted by atomic mass is 10.1. The van der Waals surface area contributed by atoms with E-state index in [0.717, 1.165) is 23.9 Å². The minimum Gasteiger partial charge on any atom is -0.313 e. The summed E-state index contributed by atoms with van der Waals surface area (Å²) in [5.74, 6) is 2.71. The number of carbonyl (C=O) groups excluding carboxylic acids is 1. The minimum atomic E-state index is -0.157. The molecule has 3 heterocycles. The Morgan fingerprint density at radius 2 is 2.09 bits per heavy atom. The van der Waals surface area contributed by atoms with Crippen molar-refractivity contribution in [3.8, 4) is 0 Å². The number of rotatable bonds is 2. The summed E-state index contributed by atoms with van der Waals surface area (Å²) in [6.07, 6.45) is 0. The first kappa shape index (κ1) is 15.5. The van der Waals surface area contributed by atoms with Gasteiger partial charge in [0.05, 0.1) is 6.04 Å². The molecule has 0 saturated carbocycles. The molecule has 1 aliphatic rings. The van der Waals surface area contributed by atoms with Gasteiger partial charge < -0.3 is 9.47 Å². The van der Waals surface area contributed by atoms with E-state index < -0.39 is 0 Å². The third kappa shape index (κ3) is 2.91. The van der Waals surface area contributed by atoms with Crippen molar-refractivity contribution in [2.45, 2.75) is 46.2 Å². The lowest BCUT2D eigenvalue weighted by Gasteiger charge is -2.33. The molecule has 2 aromatic rings. The predicted molar refractivity (Wildman–Crippen MR) is 87.2 cm³/mol. The molecule has 0 radical (unpaired) electrons. The molecule has 2 amide bonds. The van der Waals surface area contributed by atoms with Crippen molar-refractivity contribution in [2.24, 2.45) is 0 Å². The number of fused-ring (bicyclic) bond motifs is 1. The number of nitrogens with zero attached hydrogens (tertiary/aromatic N) is 5. The van der Waals surface area contributed by atoms with Crippen molar-refractivity contribution < 1.29 is 4.79 Å². The Labute approximate surface area is 135 Å². The number of amides is 2. The molecule has 0 bridgehead atoms. The van der Waals surface area contributed by atoms with Crippen molar-refractivity contribution in [2.75, 3.05) is 11.9 Å². The maximum absolute atomic E-state index is 12.6. The van der Waals surface area contributed by atoms with Crippen LogP contribution in [0.5, 0.6) is 0 Å². The van der Waals surface area contributed by atoms with Crippen molar-refractivity contribution in [3.05, 3.63) is 35.5 Å². The SMILES string of the molecule is Cc1cccc(NC(=O)N2CCn3c(C(C)C)nnc3C2C)n1. The van der Waals surface area contributed by atoms with Crippen LogP contribution >= 0.6 is 0 Å². The molecule has 1 atom stereocenters. The zero-order valence-corrected chi connectivity index (χ0v) is 13.9. The van der Waals surface area contributed by atoms with Gasteiger partial charge in [-0.15, -0.1) is 10.2 Å². The van der Waals surface area contributed by atoms with Crippen LogP contribution < -0.4 is 5.32 Å². The number of hydrogen-bond donors (Lipinski definition) is 1. The van der Waals surface area contributed by atoms with Gasteiger partial charge in [-0.3, -0.25) is 5.32 Å². The van der Waals surface area contributed by atoms with Gasteiger partial charge in [0.25, 0.3) is 0 Å². The number of aryl methyl sites for hydroxylation is 1. The van der Waals surface area contributed by atoms with E-state index in [0.29, 0.717) is 18.3 Å². The van der Waals surface area contributed by atoms with Crippen LogP contribution in [0.15, 0.2) is 18.2 Å². The Morgan fingerprint density at radius 3 is 2.78 bits per heavy atom. The van der Waals surface area contributed by atoms with Crippen LogP contribution in [0.1, 0.15) is 50.1 Å². The van der Waals surface area contributed by atoms with E-state index in [2.05, 4.69) is 38.9 Å². The number of nitrogens with one attached hydrogen (secondary N) is 1. The van der Waals surface area contributed by atoms with Gasteiger partial charge in [0.1, 0.15) is 11.6 Å². The highest BCUT2D eigenvalue weighted by Crippen LogP contribution is 2.27. The first-order valence-electron chi connectivity index (χ1n) is 7.91. The molecule has 1 aliphatic heterocycles. The Hall–Kier alpha value is -2.44. The third-order valence-electron chi connectivity index (χ3n) is 4.11. The second-order valence-electron chi connectivity index (χ2n) is 6.19. The number of carbonyl (C=O) groups is 1. The monoisotopic (exact) mass is 314 g/mol. The topological polar surface area (TPSA) is 75.9 Å². The molecule has 0 aliphatic carbocycles. The molecule has 7 nitrogen and oxygen atoms in total. The summed E-state index contributed by atoms with van der Waals surface area (Å²) in [6, 6.07) is 5.29. The number of hydrogen-bond acceptors (Lipinski definition) is 4. The van der Waals surface area contributed by atoms with Crippen LogP contribution in [-0.4, -0.2) is 37.2 Å². The minimum absolute atomic E-state index is 0.117. The highest BCUT2D eigenvalue weighted by atomic mass is 16.2. The van der Waals surface area contributed by atoms with Crippen LogP contribution in [0.3, 0.4) is 0 Å². The smallest absolute Gasteiger partial charge is 0.313 e. The van der Waals surface area contributed by atoms with Crippen LogP contribution in [0.25, 0.3) is 0 Å². The van der Waals surface area contributed by atoms with E-state index in [1.54, 1.807) is 11.0 Å². The lowest BCUT2D eigenvalue weighted by molar-refractivity contribution is 0.171. The van der Waals surface area contributed by atoms with Gasteiger partial charge in [-0.05, 0) is 26.0 Å². The molecule has 1 N–H and O–H groups in total. The van der Waals surface area contributed by atoms with Crippen molar-refractivity contribution >= 4 is 11.8 Å². The molecular formula is C16H22N6O. The van der Waals surface area contributed by atoms with Crippen molar-refractivity contribution in [1.82, 2.24) is 24.6 Å². The molecule has 23 heavy (non-hydrogen) atoms. The van der Waals surface area contributed by atoms with Gasteiger partial charge in [0, 0.05) is 24.7 Å². The fourth-order valence-corrected chi connectivity index (χ4v) is 2.91. The summed E-state index contributed by atoms with van der Waals surface area (Å²) in [7, 11) is 0. The molecule has 2 aromatic heterocycles. The fraction of sp³-hybridized carbons (Fsp3) is 0.500.